The molecule has 1 saturated carbocycles. The van der Waals surface area contributed by atoms with Gasteiger partial charge in [-0.2, -0.15) is 0 Å². The standard InChI is InChI=1S/C16H22ClN3O3/c1-11(21)18-8-9-19-16(22)20-12-6-7-15(14(17)10-12)23-13-4-2-3-5-13/h6-7,10,13H,2-5,8-9H2,1H3,(H,18,21)(H2,19,20,22). The number of anilines is 1. The van der Waals surface area contributed by atoms with Crippen LogP contribution in [0.25, 0.3) is 0 Å². The maximum Gasteiger partial charge on any atom is 0.319 e. The molecule has 2 rings (SSSR count). The molecule has 1 aliphatic carbocycles. The van der Waals surface area contributed by atoms with Gasteiger partial charge in [0.25, 0.3) is 0 Å². The van der Waals surface area contributed by atoms with Gasteiger partial charge < -0.3 is 20.7 Å². The minimum Gasteiger partial charge on any atom is -0.489 e. The highest BCUT2D eigenvalue weighted by molar-refractivity contribution is 6.32. The fourth-order valence-electron chi connectivity index (χ4n) is 2.45. The molecule has 0 aliphatic heterocycles. The second kappa shape index (κ2) is 8.62. The lowest BCUT2D eigenvalue weighted by Crippen LogP contribution is -2.36. The summed E-state index contributed by atoms with van der Waals surface area (Å²) in [5.41, 5.74) is 0.589. The largest absolute Gasteiger partial charge is 0.489 e. The Kier molecular flexibility index (Phi) is 6.52. The van der Waals surface area contributed by atoms with Crippen LogP contribution in [0.4, 0.5) is 10.5 Å². The molecule has 0 spiro atoms. The van der Waals surface area contributed by atoms with E-state index in [0.717, 1.165) is 12.8 Å². The van der Waals surface area contributed by atoms with Crippen LogP contribution in [0.3, 0.4) is 0 Å². The monoisotopic (exact) mass is 339 g/mol. The molecule has 0 radical (unpaired) electrons. The van der Waals surface area contributed by atoms with Gasteiger partial charge in [-0.15, -0.1) is 0 Å². The van der Waals surface area contributed by atoms with Crippen molar-refractivity contribution >= 4 is 29.2 Å². The van der Waals surface area contributed by atoms with E-state index in [1.165, 1.54) is 19.8 Å². The minimum absolute atomic E-state index is 0.128. The molecular weight excluding hydrogens is 318 g/mol. The molecule has 0 bridgehead atoms. The maximum atomic E-state index is 11.7. The van der Waals surface area contributed by atoms with Crippen LogP contribution in [0.5, 0.6) is 5.75 Å². The van der Waals surface area contributed by atoms with Gasteiger partial charge in [0.2, 0.25) is 5.91 Å². The van der Waals surface area contributed by atoms with Crippen LogP contribution in [-0.4, -0.2) is 31.1 Å². The number of benzene rings is 1. The van der Waals surface area contributed by atoms with Crippen LogP contribution < -0.4 is 20.7 Å². The molecule has 0 saturated heterocycles. The van der Waals surface area contributed by atoms with E-state index in [0.29, 0.717) is 29.5 Å². The number of nitrogens with one attached hydrogen (secondary N) is 3. The van der Waals surface area contributed by atoms with Gasteiger partial charge in [0.15, 0.2) is 0 Å². The van der Waals surface area contributed by atoms with E-state index in [9.17, 15) is 9.59 Å². The van der Waals surface area contributed by atoms with Crippen molar-refractivity contribution in [2.24, 2.45) is 0 Å². The van der Waals surface area contributed by atoms with Gasteiger partial charge in [-0.3, -0.25) is 4.79 Å². The first kappa shape index (κ1) is 17.4. The van der Waals surface area contributed by atoms with Gasteiger partial charge in [0, 0.05) is 25.7 Å². The van der Waals surface area contributed by atoms with Gasteiger partial charge in [-0.05, 0) is 43.9 Å². The topological polar surface area (TPSA) is 79.5 Å². The Hall–Kier alpha value is -1.95. The lowest BCUT2D eigenvalue weighted by atomic mass is 10.2. The van der Waals surface area contributed by atoms with Crippen molar-refractivity contribution < 1.29 is 14.3 Å². The summed E-state index contributed by atoms with van der Waals surface area (Å²) < 4.78 is 5.87. The van der Waals surface area contributed by atoms with Crippen LogP contribution in [0, 0.1) is 0 Å². The second-order valence-electron chi connectivity index (χ2n) is 5.53. The highest BCUT2D eigenvalue weighted by Crippen LogP contribution is 2.31. The Labute approximate surface area is 140 Å². The Morgan fingerprint density at radius 1 is 1.22 bits per heavy atom. The normalized spacial score (nSPS) is 14.3. The Balaban J connectivity index is 1.79. The molecule has 1 aliphatic rings. The Morgan fingerprint density at radius 3 is 2.57 bits per heavy atom. The fraction of sp³-hybridized carbons (Fsp3) is 0.500. The molecule has 3 amide bonds. The number of hydrogen-bond donors (Lipinski definition) is 3. The predicted molar refractivity (Wildman–Crippen MR) is 90.0 cm³/mol. The zero-order chi connectivity index (χ0) is 16.7. The number of amides is 3. The zero-order valence-electron chi connectivity index (χ0n) is 13.2. The molecule has 0 aromatic heterocycles. The summed E-state index contributed by atoms with van der Waals surface area (Å²) in [7, 11) is 0. The van der Waals surface area contributed by atoms with E-state index in [1.54, 1.807) is 18.2 Å². The van der Waals surface area contributed by atoms with Crippen LogP contribution in [0.2, 0.25) is 5.02 Å². The van der Waals surface area contributed by atoms with Crippen LogP contribution >= 0.6 is 11.6 Å². The van der Waals surface area contributed by atoms with Crippen LogP contribution in [0.15, 0.2) is 18.2 Å². The van der Waals surface area contributed by atoms with Crippen molar-refractivity contribution in [2.75, 3.05) is 18.4 Å². The molecule has 23 heavy (non-hydrogen) atoms. The van der Waals surface area contributed by atoms with E-state index in [2.05, 4.69) is 16.0 Å². The van der Waals surface area contributed by atoms with Crippen molar-refractivity contribution in [1.29, 1.82) is 0 Å². The summed E-state index contributed by atoms with van der Waals surface area (Å²) in [5.74, 6) is 0.520. The number of halogens is 1. The van der Waals surface area contributed by atoms with Gasteiger partial charge in [0.1, 0.15) is 5.75 Å². The minimum atomic E-state index is -0.351. The summed E-state index contributed by atoms with van der Waals surface area (Å²) >= 11 is 6.21. The van der Waals surface area contributed by atoms with Crippen molar-refractivity contribution in [3.8, 4) is 5.75 Å². The first-order valence-corrected chi connectivity index (χ1v) is 8.18. The SMILES string of the molecule is CC(=O)NCCNC(=O)Nc1ccc(OC2CCCC2)c(Cl)c1. The average Bonchev–Trinajstić information content (AvgIpc) is 2.99. The highest BCUT2D eigenvalue weighted by Gasteiger charge is 2.17. The van der Waals surface area contributed by atoms with Crippen LogP contribution in [0.1, 0.15) is 32.6 Å². The molecule has 0 atom stereocenters. The van der Waals surface area contributed by atoms with E-state index in [4.69, 9.17) is 16.3 Å². The summed E-state index contributed by atoms with van der Waals surface area (Å²) in [5, 5.41) is 8.41. The molecule has 126 valence electrons. The fourth-order valence-corrected chi connectivity index (χ4v) is 2.67. The first-order valence-electron chi connectivity index (χ1n) is 7.80. The molecule has 1 fully saturated rings. The smallest absolute Gasteiger partial charge is 0.319 e. The van der Waals surface area contributed by atoms with Crippen molar-refractivity contribution in [3.63, 3.8) is 0 Å². The Bertz CT molecular complexity index is 560. The summed E-state index contributed by atoms with van der Waals surface area (Å²) in [4.78, 5) is 22.4. The lowest BCUT2D eigenvalue weighted by molar-refractivity contribution is -0.118. The quantitative estimate of drug-likeness (QED) is 0.697. The van der Waals surface area contributed by atoms with Crippen LogP contribution in [-0.2, 0) is 4.79 Å². The molecule has 0 heterocycles. The first-order chi connectivity index (χ1) is 11.0. The third kappa shape index (κ3) is 5.98. The molecule has 1 aromatic rings. The van der Waals surface area contributed by atoms with Gasteiger partial charge >= 0.3 is 6.03 Å². The number of urea groups is 1. The lowest BCUT2D eigenvalue weighted by Gasteiger charge is -2.15. The highest BCUT2D eigenvalue weighted by atomic mass is 35.5. The van der Waals surface area contributed by atoms with E-state index in [-0.39, 0.29) is 18.0 Å². The number of carbonyl (C=O) groups excluding carboxylic acids is 2. The molecule has 6 nitrogen and oxygen atoms in total. The van der Waals surface area contributed by atoms with Crippen molar-refractivity contribution in [3.05, 3.63) is 23.2 Å². The molecule has 1 aromatic carbocycles. The summed E-state index contributed by atoms with van der Waals surface area (Å²) in [6.45, 7) is 2.16. The number of ether oxygens (including phenoxy) is 1. The molecule has 0 unspecified atom stereocenters. The van der Waals surface area contributed by atoms with E-state index < -0.39 is 0 Å². The third-order valence-electron chi connectivity index (χ3n) is 3.57. The molecule has 3 N–H and O–H groups in total. The Morgan fingerprint density at radius 2 is 1.91 bits per heavy atom. The maximum absolute atomic E-state index is 11.7. The van der Waals surface area contributed by atoms with Gasteiger partial charge in [-0.25, -0.2) is 4.79 Å². The van der Waals surface area contributed by atoms with Gasteiger partial charge in [-0.1, -0.05) is 11.6 Å². The zero-order valence-corrected chi connectivity index (χ0v) is 13.9. The van der Waals surface area contributed by atoms with E-state index in [1.807, 2.05) is 0 Å². The van der Waals surface area contributed by atoms with Crippen molar-refractivity contribution in [2.45, 2.75) is 38.7 Å². The number of hydrogen-bond acceptors (Lipinski definition) is 3. The predicted octanol–water partition coefficient (Wildman–Crippen LogP) is 2.92. The number of carbonyl (C=O) groups is 2. The molecule has 7 heteroatoms. The van der Waals surface area contributed by atoms with E-state index >= 15 is 0 Å². The van der Waals surface area contributed by atoms with Gasteiger partial charge in [0.05, 0.1) is 11.1 Å². The second-order valence-corrected chi connectivity index (χ2v) is 5.94. The average molecular weight is 340 g/mol. The number of rotatable bonds is 6. The summed E-state index contributed by atoms with van der Waals surface area (Å²) in [6.07, 6.45) is 4.75. The van der Waals surface area contributed by atoms with Crippen molar-refractivity contribution in [1.82, 2.24) is 10.6 Å². The summed E-state index contributed by atoms with van der Waals surface area (Å²) in [6, 6.07) is 4.84. The molecular formula is C16H22ClN3O3. The third-order valence-corrected chi connectivity index (χ3v) is 3.87.